The average molecular weight is 383 g/mol. The van der Waals surface area contributed by atoms with Gasteiger partial charge in [-0.2, -0.15) is 0 Å². The van der Waals surface area contributed by atoms with Gasteiger partial charge in [0.25, 0.3) is 5.56 Å². The van der Waals surface area contributed by atoms with Crippen molar-refractivity contribution in [1.82, 2.24) is 14.9 Å². The molecule has 2 aromatic carbocycles. The first-order valence-corrected chi connectivity index (χ1v) is 8.63. The molecule has 0 fully saturated rings. The van der Waals surface area contributed by atoms with Crippen molar-refractivity contribution in [2.75, 3.05) is 20.8 Å². The summed E-state index contributed by atoms with van der Waals surface area (Å²) in [6, 6.07) is 11.7. The van der Waals surface area contributed by atoms with E-state index < -0.39 is 11.9 Å². The number of ether oxygens (including phenoxy) is 2. The molecule has 8 nitrogen and oxygen atoms in total. The van der Waals surface area contributed by atoms with Crippen LogP contribution in [-0.4, -0.2) is 41.4 Å². The summed E-state index contributed by atoms with van der Waals surface area (Å²) < 4.78 is 11.7. The second-order valence-corrected chi connectivity index (χ2v) is 6.12. The lowest BCUT2D eigenvalue weighted by molar-refractivity contribution is -0.122. The highest BCUT2D eigenvalue weighted by Gasteiger charge is 2.16. The summed E-state index contributed by atoms with van der Waals surface area (Å²) in [4.78, 5) is 29.4. The molecule has 2 N–H and O–H groups in total. The molecule has 0 unspecified atom stereocenters. The standard InChI is InChI=1S/C20H21N3O5/c1-27-17-8-14-15(9-18(17)28-2)21-12-23(20(14)26)10-19(25)22-16(11-24)13-6-4-3-5-7-13/h3-9,12,16,24H,10-11H2,1-2H3,(H,22,25)/t16-/m1/s1. The molecule has 0 saturated heterocycles. The Morgan fingerprint density at radius 3 is 2.50 bits per heavy atom. The van der Waals surface area contributed by atoms with Crippen LogP contribution in [0, 0.1) is 0 Å². The first-order valence-electron chi connectivity index (χ1n) is 8.63. The lowest BCUT2D eigenvalue weighted by Crippen LogP contribution is -2.36. The molecule has 0 bridgehead atoms. The number of amides is 1. The fourth-order valence-electron chi connectivity index (χ4n) is 2.91. The zero-order valence-electron chi connectivity index (χ0n) is 15.6. The normalized spacial score (nSPS) is 11.8. The maximum absolute atomic E-state index is 12.8. The molecular formula is C20H21N3O5. The molecule has 0 radical (unpaired) electrons. The van der Waals surface area contributed by atoms with Gasteiger partial charge in [0, 0.05) is 6.07 Å². The molecule has 0 aliphatic heterocycles. The Hall–Kier alpha value is -3.39. The number of nitrogens with one attached hydrogen (secondary N) is 1. The summed E-state index contributed by atoms with van der Waals surface area (Å²) in [6.07, 6.45) is 1.31. The number of methoxy groups -OCH3 is 2. The SMILES string of the molecule is COc1cc2ncn(CC(=O)N[C@H](CO)c3ccccc3)c(=O)c2cc1OC. The quantitative estimate of drug-likeness (QED) is 0.637. The number of aliphatic hydroxyl groups is 1. The fourth-order valence-corrected chi connectivity index (χ4v) is 2.91. The summed E-state index contributed by atoms with van der Waals surface area (Å²) in [5.41, 5.74) is 0.845. The van der Waals surface area contributed by atoms with Crippen molar-refractivity contribution in [3.63, 3.8) is 0 Å². The van der Waals surface area contributed by atoms with Gasteiger partial charge in [-0.25, -0.2) is 4.98 Å². The Labute approximate surface area is 161 Å². The molecule has 0 aliphatic carbocycles. The number of fused-ring (bicyclic) bond motifs is 1. The third-order valence-electron chi connectivity index (χ3n) is 4.36. The van der Waals surface area contributed by atoms with Crippen molar-refractivity contribution in [1.29, 1.82) is 0 Å². The second-order valence-electron chi connectivity index (χ2n) is 6.12. The zero-order chi connectivity index (χ0) is 20.1. The Morgan fingerprint density at radius 1 is 1.18 bits per heavy atom. The van der Waals surface area contributed by atoms with E-state index in [0.717, 1.165) is 5.56 Å². The summed E-state index contributed by atoms with van der Waals surface area (Å²) >= 11 is 0. The predicted molar refractivity (Wildman–Crippen MR) is 104 cm³/mol. The lowest BCUT2D eigenvalue weighted by Gasteiger charge is -2.17. The van der Waals surface area contributed by atoms with Gasteiger partial charge in [-0.1, -0.05) is 30.3 Å². The molecule has 0 saturated carbocycles. The minimum absolute atomic E-state index is 0.223. The van der Waals surface area contributed by atoms with Gasteiger partial charge in [0.2, 0.25) is 5.91 Å². The van der Waals surface area contributed by atoms with Gasteiger partial charge in [0.15, 0.2) is 11.5 Å². The van der Waals surface area contributed by atoms with E-state index in [1.54, 1.807) is 12.1 Å². The van der Waals surface area contributed by atoms with Crippen LogP contribution in [0.5, 0.6) is 11.5 Å². The van der Waals surface area contributed by atoms with Crippen molar-refractivity contribution in [2.45, 2.75) is 12.6 Å². The van der Waals surface area contributed by atoms with Crippen LogP contribution >= 0.6 is 0 Å². The van der Waals surface area contributed by atoms with E-state index in [0.29, 0.717) is 22.4 Å². The minimum Gasteiger partial charge on any atom is -0.493 e. The van der Waals surface area contributed by atoms with Crippen molar-refractivity contribution in [2.24, 2.45) is 0 Å². The number of carbonyl (C=O) groups excluding carboxylic acids is 1. The molecule has 3 rings (SSSR count). The first kappa shape index (κ1) is 19.4. The van der Waals surface area contributed by atoms with Gasteiger partial charge in [0.05, 0.1) is 44.1 Å². The number of aliphatic hydroxyl groups excluding tert-OH is 1. The second kappa shape index (κ2) is 8.53. The van der Waals surface area contributed by atoms with Crippen LogP contribution in [0.25, 0.3) is 10.9 Å². The molecule has 1 atom stereocenters. The number of hydrogen-bond donors (Lipinski definition) is 2. The molecule has 0 aliphatic rings. The number of aromatic nitrogens is 2. The van der Waals surface area contributed by atoms with Crippen LogP contribution < -0.4 is 20.3 Å². The average Bonchev–Trinajstić information content (AvgIpc) is 2.73. The van der Waals surface area contributed by atoms with E-state index in [-0.39, 0.29) is 18.7 Å². The number of rotatable bonds is 7. The summed E-state index contributed by atoms with van der Waals surface area (Å²) in [7, 11) is 2.98. The van der Waals surface area contributed by atoms with Crippen LogP contribution in [0.3, 0.4) is 0 Å². The fraction of sp³-hybridized carbons (Fsp3) is 0.250. The minimum atomic E-state index is -0.554. The third-order valence-corrected chi connectivity index (χ3v) is 4.36. The lowest BCUT2D eigenvalue weighted by atomic mass is 10.1. The van der Waals surface area contributed by atoms with Crippen molar-refractivity contribution in [3.05, 3.63) is 64.7 Å². The van der Waals surface area contributed by atoms with E-state index in [1.165, 1.54) is 25.1 Å². The van der Waals surface area contributed by atoms with E-state index in [9.17, 15) is 14.7 Å². The van der Waals surface area contributed by atoms with E-state index in [1.807, 2.05) is 30.3 Å². The van der Waals surface area contributed by atoms with E-state index in [2.05, 4.69) is 10.3 Å². The molecule has 8 heteroatoms. The molecule has 1 aromatic heterocycles. The van der Waals surface area contributed by atoms with Gasteiger partial charge in [-0.3, -0.25) is 14.2 Å². The van der Waals surface area contributed by atoms with Crippen LogP contribution in [0.2, 0.25) is 0 Å². The highest BCUT2D eigenvalue weighted by Crippen LogP contribution is 2.29. The van der Waals surface area contributed by atoms with Crippen LogP contribution in [-0.2, 0) is 11.3 Å². The van der Waals surface area contributed by atoms with Gasteiger partial charge < -0.3 is 19.9 Å². The van der Waals surface area contributed by atoms with Crippen LogP contribution in [0.4, 0.5) is 0 Å². The van der Waals surface area contributed by atoms with Gasteiger partial charge in [-0.05, 0) is 11.6 Å². The molecule has 146 valence electrons. The summed E-state index contributed by atoms with van der Waals surface area (Å²) in [6.45, 7) is -0.475. The first-order chi connectivity index (χ1) is 13.6. The van der Waals surface area contributed by atoms with E-state index >= 15 is 0 Å². The molecule has 1 heterocycles. The molecule has 0 spiro atoms. The van der Waals surface area contributed by atoms with Crippen LogP contribution in [0.1, 0.15) is 11.6 Å². The van der Waals surface area contributed by atoms with Gasteiger partial charge in [-0.15, -0.1) is 0 Å². The third kappa shape index (κ3) is 3.96. The monoisotopic (exact) mass is 383 g/mol. The largest absolute Gasteiger partial charge is 0.493 e. The Kier molecular flexibility index (Phi) is 5.90. The smallest absolute Gasteiger partial charge is 0.261 e. The molecular weight excluding hydrogens is 362 g/mol. The van der Waals surface area contributed by atoms with Crippen molar-refractivity contribution >= 4 is 16.8 Å². The number of carbonyl (C=O) groups is 1. The van der Waals surface area contributed by atoms with E-state index in [4.69, 9.17) is 9.47 Å². The van der Waals surface area contributed by atoms with Crippen molar-refractivity contribution in [3.8, 4) is 11.5 Å². The van der Waals surface area contributed by atoms with Crippen molar-refractivity contribution < 1.29 is 19.4 Å². The Morgan fingerprint density at radius 2 is 1.86 bits per heavy atom. The zero-order valence-corrected chi connectivity index (χ0v) is 15.6. The van der Waals surface area contributed by atoms with Gasteiger partial charge in [0.1, 0.15) is 6.54 Å². The summed E-state index contributed by atoms with van der Waals surface area (Å²) in [5.74, 6) is 0.457. The maximum Gasteiger partial charge on any atom is 0.261 e. The molecule has 3 aromatic rings. The maximum atomic E-state index is 12.8. The topological polar surface area (TPSA) is 103 Å². The molecule has 1 amide bonds. The highest BCUT2D eigenvalue weighted by atomic mass is 16.5. The number of hydrogen-bond acceptors (Lipinski definition) is 6. The predicted octanol–water partition coefficient (Wildman–Crippen LogP) is 1.26. The highest BCUT2D eigenvalue weighted by molar-refractivity contribution is 5.82. The summed E-state index contributed by atoms with van der Waals surface area (Å²) in [5, 5.41) is 12.6. The Bertz CT molecular complexity index is 1030. The van der Waals surface area contributed by atoms with Crippen LogP contribution in [0.15, 0.2) is 53.6 Å². The Balaban J connectivity index is 1.84. The van der Waals surface area contributed by atoms with Gasteiger partial charge >= 0.3 is 0 Å². The number of benzene rings is 2. The molecule has 28 heavy (non-hydrogen) atoms. The number of nitrogens with zero attached hydrogens (tertiary/aromatic N) is 2.